The van der Waals surface area contributed by atoms with E-state index < -0.39 is 6.04 Å². The molecule has 0 saturated heterocycles. The Kier molecular flexibility index (Phi) is 3.80. The summed E-state index contributed by atoms with van der Waals surface area (Å²) in [4.78, 5) is 11.0. The van der Waals surface area contributed by atoms with Crippen LogP contribution in [0.25, 0.3) is 0 Å². The highest BCUT2D eigenvalue weighted by Crippen LogP contribution is 2.19. The minimum atomic E-state index is -0.446. The Bertz CT molecular complexity index is 366. The number of rotatable bonds is 3. The molecule has 0 aromatic heterocycles. The minimum Gasteiger partial charge on any atom is -0.469 e. The van der Waals surface area contributed by atoms with Crippen LogP contribution in [0, 0.1) is 12.7 Å². The van der Waals surface area contributed by atoms with E-state index in [2.05, 4.69) is 4.74 Å². The molecule has 1 rings (SSSR count). The lowest BCUT2D eigenvalue weighted by Crippen LogP contribution is -2.17. The molecule has 0 amide bonds. The predicted octanol–water partition coefficient (Wildman–Crippen LogP) is 1.70. The van der Waals surface area contributed by atoms with E-state index in [1.165, 1.54) is 19.2 Å². The van der Waals surface area contributed by atoms with Gasteiger partial charge in [0.1, 0.15) is 5.82 Å². The van der Waals surface area contributed by atoms with Crippen LogP contribution in [0.4, 0.5) is 4.39 Å². The van der Waals surface area contributed by atoms with Crippen molar-refractivity contribution < 1.29 is 13.9 Å². The summed E-state index contributed by atoms with van der Waals surface area (Å²) in [5.74, 6) is -0.673. The molecular formula is C11H14FNO2. The van der Waals surface area contributed by atoms with E-state index in [4.69, 9.17) is 5.73 Å². The normalized spacial score (nSPS) is 12.3. The van der Waals surface area contributed by atoms with E-state index in [1.807, 2.05) is 0 Å². The number of esters is 1. The number of ether oxygens (including phenoxy) is 1. The summed E-state index contributed by atoms with van der Waals surface area (Å²) in [7, 11) is 1.31. The molecule has 15 heavy (non-hydrogen) atoms. The highest BCUT2D eigenvalue weighted by molar-refractivity contribution is 5.70. The number of methoxy groups -OCH3 is 1. The summed E-state index contributed by atoms with van der Waals surface area (Å²) in [6, 6.07) is 3.88. The number of hydrogen-bond acceptors (Lipinski definition) is 3. The van der Waals surface area contributed by atoms with Crippen molar-refractivity contribution in [1.82, 2.24) is 0 Å². The number of carbonyl (C=O) groups is 1. The van der Waals surface area contributed by atoms with E-state index in [9.17, 15) is 9.18 Å². The second-order valence-electron chi connectivity index (χ2n) is 3.39. The van der Waals surface area contributed by atoms with Gasteiger partial charge in [0.05, 0.1) is 13.5 Å². The molecule has 0 radical (unpaired) electrons. The van der Waals surface area contributed by atoms with Gasteiger partial charge in [-0.2, -0.15) is 0 Å². The molecule has 1 atom stereocenters. The molecule has 0 bridgehead atoms. The molecule has 1 aromatic carbocycles. The highest BCUT2D eigenvalue weighted by atomic mass is 19.1. The smallest absolute Gasteiger partial charge is 0.307 e. The van der Waals surface area contributed by atoms with Crippen LogP contribution in [0.1, 0.15) is 23.6 Å². The SMILES string of the molecule is COC(=O)C[C@H](N)c1ccc(F)cc1C. The second kappa shape index (κ2) is 4.89. The monoisotopic (exact) mass is 211 g/mol. The Labute approximate surface area is 88.0 Å². The van der Waals surface area contributed by atoms with Crippen molar-refractivity contribution in [3.63, 3.8) is 0 Å². The van der Waals surface area contributed by atoms with Gasteiger partial charge in [-0.1, -0.05) is 6.07 Å². The highest BCUT2D eigenvalue weighted by Gasteiger charge is 2.13. The Morgan fingerprint density at radius 2 is 2.27 bits per heavy atom. The molecular weight excluding hydrogens is 197 g/mol. The maximum atomic E-state index is 12.8. The maximum Gasteiger partial charge on any atom is 0.307 e. The van der Waals surface area contributed by atoms with Gasteiger partial charge in [-0.15, -0.1) is 0 Å². The maximum absolute atomic E-state index is 12.8. The lowest BCUT2D eigenvalue weighted by Gasteiger charge is -2.13. The largest absolute Gasteiger partial charge is 0.469 e. The Morgan fingerprint density at radius 3 is 2.80 bits per heavy atom. The van der Waals surface area contributed by atoms with Crippen LogP contribution in [-0.2, 0) is 9.53 Å². The molecule has 82 valence electrons. The average Bonchev–Trinajstić information content (AvgIpc) is 2.17. The summed E-state index contributed by atoms with van der Waals surface area (Å²) in [6.45, 7) is 1.76. The molecule has 0 aliphatic heterocycles. The lowest BCUT2D eigenvalue weighted by atomic mass is 9.99. The van der Waals surface area contributed by atoms with Crippen LogP contribution < -0.4 is 5.73 Å². The predicted molar refractivity (Wildman–Crippen MR) is 54.7 cm³/mol. The zero-order chi connectivity index (χ0) is 11.4. The van der Waals surface area contributed by atoms with Gasteiger partial charge in [-0.25, -0.2) is 4.39 Å². The van der Waals surface area contributed by atoms with E-state index >= 15 is 0 Å². The molecule has 3 nitrogen and oxygen atoms in total. The topological polar surface area (TPSA) is 52.3 Å². The number of aryl methyl sites for hydroxylation is 1. The van der Waals surface area contributed by atoms with Crippen LogP contribution in [0.5, 0.6) is 0 Å². The average molecular weight is 211 g/mol. The third kappa shape index (κ3) is 3.02. The molecule has 0 fully saturated rings. The zero-order valence-electron chi connectivity index (χ0n) is 8.79. The number of hydrogen-bond donors (Lipinski definition) is 1. The quantitative estimate of drug-likeness (QED) is 0.774. The minimum absolute atomic E-state index is 0.100. The number of nitrogens with two attached hydrogens (primary N) is 1. The van der Waals surface area contributed by atoms with Crippen LogP contribution >= 0.6 is 0 Å². The van der Waals surface area contributed by atoms with Crippen molar-refractivity contribution >= 4 is 5.97 Å². The fourth-order valence-electron chi connectivity index (χ4n) is 1.43. The van der Waals surface area contributed by atoms with Crippen molar-refractivity contribution in [3.05, 3.63) is 35.1 Å². The van der Waals surface area contributed by atoms with E-state index in [-0.39, 0.29) is 18.2 Å². The zero-order valence-corrected chi connectivity index (χ0v) is 8.79. The van der Waals surface area contributed by atoms with Crippen LogP contribution in [0.2, 0.25) is 0 Å². The Balaban J connectivity index is 2.82. The van der Waals surface area contributed by atoms with Gasteiger partial charge < -0.3 is 10.5 Å². The van der Waals surface area contributed by atoms with E-state index in [1.54, 1.807) is 13.0 Å². The number of halogens is 1. The van der Waals surface area contributed by atoms with Gasteiger partial charge in [0.25, 0.3) is 0 Å². The first kappa shape index (κ1) is 11.7. The molecule has 0 heterocycles. The third-order valence-corrected chi connectivity index (χ3v) is 2.25. The molecule has 0 unspecified atom stereocenters. The molecule has 0 aliphatic carbocycles. The van der Waals surface area contributed by atoms with Crippen molar-refractivity contribution in [2.24, 2.45) is 5.73 Å². The van der Waals surface area contributed by atoms with Crippen LogP contribution in [0.3, 0.4) is 0 Å². The fourth-order valence-corrected chi connectivity index (χ4v) is 1.43. The fraction of sp³-hybridized carbons (Fsp3) is 0.364. The molecule has 1 aromatic rings. The summed E-state index contributed by atoms with van der Waals surface area (Å²) in [6.07, 6.45) is 0.100. The van der Waals surface area contributed by atoms with Gasteiger partial charge in [0.15, 0.2) is 0 Å². The Morgan fingerprint density at radius 1 is 1.60 bits per heavy atom. The second-order valence-corrected chi connectivity index (χ2v) is 3.39. The first-order valence-electron chi connectivity index (χ1n) is 4.63. The first-order valence-corrected chi connectivity index (χ1v) is 4.63. The molecule has 4 heteroatoms. The number of benzene rings is 1. The van der Waals surface area contributed by atoms with Crippen LogP contribution in [-0.4, -0.2) is 13.1 Å². The number of carbonyl (C=O) groups excluding carboxylic acids is 1. The van der Waals surface area contributed by atoms with Crippen molar-refractivity contribution in [2.45, 2.75) is 19.4 Å². The lowest BCUT2D eigenvalue weighted by molar-refractivity contribution is -0.141. The third-order valence-electron chi connectivity index (χ3n) is 2.25. The first-order chi connectivity index (χ1) is 7.04. The van der Waals surface area contributed by atoms with Gasteiger partial charge in [0, 0.05) is 6.04 Å². The standard InChI is InChI=1S/C11H14FNO2/c1-7-5-8(12)3-4-9(7)10(13)6-11(14)15-2/h3-5,10H,6,13H2,1-2H3/t10-/m0/s1. The molecule has 0 spiro atoms. The van der Waals surface area contributed by atoms with Gasteiger partial charge in [-0.3, -0.25) is 4.79 Å². The summed E-state index contributed by atoms with van der Waals surface area (Å²) >= 11 is 0. The van der Waals surface area contributed by atoms with Gasteiger partial charge in [-0.05, 0) is 30.2 Å². The van der Waals surface area contributed by atoms with E-state index in [0.29, 0.717) is 0 Å². The van der Waals surface area contributed by atoms with Gasteiger partial charge in [0.2, 0.25) is 0 Å². The Hall–Kier alpha value is -1.42. The van der Waals surface area contributed by atoms with Crippen molar-refractivity contribution in [3.8, 4) is 0 Å². The molecule has 0 aliphatic rings. The van der Waals surface area contributed by atoms with E-state index in [0.717, 1.165) is 11.1 Å². The molecule has 2 N–H and O–H groups in total. The van der Waals surface area contributed by atoms with Crippen molar-refractivity contribution in [1.29, 1.82) is 0 Å². The van der Waals surface area contributed by atoms with Crippen LogP contribution in [0.15, 0.2) is 18.2 Å². The summed E-state index contributed by atoms with van der Waals surface area (Å²) in [5.41, 5.74) is 7.31. The molecule has 0 saturated carbocycles. The summed E-state index contributed by atoms with van der Waals surface area (Å²) in [5, 5.41) is 0. The van der Waals surface area contributed by atoms with Gasteiger partial charge >= 0.3 is 5.97 Å². The summed E-state index contributed by atoms with van der Waals surface area (Å²) < 4.78 is 17.3. The van der Waals surface area contributed by atoms with Crippen molar-refractivity contribution in [2.75, 3.05) is 7.11 Å².